The first-order chi connectivity index (χ1) is 19.0. The van der Waals surface area contributed by atoms with Gasteiger partial charge in [-0.3, -0.25) is 4.79 Å². The Hall–Kier alpha value is -3.77. The lowest BCUT2D eigenvalue weighted by molar-refractivity contribution is -0.118. The minimum absolute atomic E-state index is 0.0795. The van der Waals surface area contributed by atoms with Gasteiger partial charge in [0.15, 0.2) is 0 Å². The average molecular weight is 541 g/mol. The van der Waals surface area contributed by atoms with Crippen LogP contribution in [0.3, 0.4) is 0 Å². The fraction of sp³-hybridized carbons (Fsp3) is 0.312. The highest BCUT2D eigenvalue weighted by molar-refractivity contribution is 6.31. The van der Waals surface area contributed by atoms with E-state index in [1.54, 1.807) is 4.90 Å². The molecule has 1 amide bonds. The van der Waals surface area contributed by atoms with Crippen molar-refractivity contribution in [2.24, 2.45) is 0 Å². The number of halogens is 1. The summed E-state index contributed by atoms with van der Waals surface area (Å²) in [7, 11) is 0. The highest BCUT2D eigenvalue weighted by Crippen LogP contribution is 2.34. The maximum atomic E-state index is 11.7. The summed E-state index contributed by atoms with van der Waals surface area (Å²) < 4.78 is 1.91. The van der Waals surface area contributed by atoms with Gasteiger partial charge < -0.3 is 9.69 Å². The molecule has 0 N–H and O–H groups in total. The maximum absolute atomic E-state index is 11.7. The van der Waals surface area contributed by atoms with Crippen molar-refractivity contribution < 1.29 is 9.59 Å². The van der Waals surface area contributed by atoms with Crippen molar-refractivity contribution >= 4 is 35.3 Å². The van der Waals surface area contributed by atoms with E-state index in [9.17, 15) is 9.59 Å². The van der Waals surface area contributed by atoms with Crippen LogP contribution in [0.15, 0.2) is 60.7 Å². The lowest BCUT2D eigenvalue weighted by Gasteiger charge is -2.27. The molecular formula is C32H33ClN4O2. The smallest absolute Gasteiger partial charge is 0.210 e. The van der Waals surface area contributed by atoms with Gasteiger partial charge in [-0.25, -0.2) is 4.68 Å². The molecule has 0 saturated carbocycles. The topological polar surface area (TPSA) is 68.1 Å². The van der Waals surface area contributed by atoms with Gasteiger partial charge in [0.25, 0.3) is 0 Å². The Balaban J connectivity index is 1.33. The molecule has 0 fully saturated rings. The van der Waals surface area contributed by atoms with Gasteiger partial charge in [-0.2, -0.15) is 0 Å². The standard InChI is InChI=1S/C32H33ClN4O2/c1-22-7-8-24(18-30(22)33)6-4-3-5-15-37-31-12-11-28(23(2)32(31)34-35-37)29(14-17-38)26-10-9-25-13-16-36(21-39)20-27(25)19-26/h3,5,7-12,17-19,21,29H,4,6,13-16,20H2,1-2H3/b5-3-. The third-order valence-electron chi connectivity index (χ3n) is 7.79. The summed E-state index contributed by atoms with van der Waals surface area (Å²) in [4.78, 5) is 24.8. The third-order valence-corrected chi connectivity index (χ3v) is 8.20. The number of rotatable bonds is 10. The highest BCUT2D eigenvalue weighted by atomic mass is 35.5. The van der Waals surface area contributed by atoms with Crippen molar-refractivity contribution in [1.29, 1.82) is 0 Å². The predicted molar refractivity (Wildman–Crippen MR) is 155 cm³/mol. The molecule has 39 heavy (non-hydrogen) atoms. The number of benzene rings is 3. The van der Waals surface area contributed by atoms with Gasteiger partial charge >= 0.3 is 0 Å². The first-order valence-corrected chi connectivity index (χ1v) is 13.8. The van der Waals surface area contributed by atoms with Crippen LogP contribution in [0, 0.1) is 13.8 Å². The Morgan fingerprint density at radius 1 is 1.03 bits per heavy atom. The molecule has 0 spiro atoms. The van der Waals surface area contributed by atoms with Crippen LogP contribution in [-0.4, -0.2) is 39.1 Å². The predicted octanol–water partition coefficient (Wildman–Crippen LogP) is 6.13. The zero-order valence-corrected chi connectivity index (χ0v) is 23.2. The van der Waals surface area contributed by atoms with Crippen LogP contribution in [0.25, 0.3) is 11.0 Å². The Morgan fingerprint density at radius 3 is 2.69 bits per heavy atom. The van der Waals surface area contributed by atoms with E-state index in [2.05, 4.69) is 71.9 Å². The fourth-order valence-corrected chi connectivity index (χ4v) is 5.68. The van der Waals surface area contributed by atoms with E-state index in [0.717, 1.165) is 82.4 Å². The molecular weight excluding hydrogens is 508 g/mol. The number of hydrogen-bond acceptors (Lipinski definition) is 4. The van der Waals surface area contributed by atoms with Crippen molar-refractivity contribution in [2.75, 3.05) is 6.54 Å². The molecule has 4 aromatic rings. The second-order valence-corrected chi connectivity index (χ2v) is 10.7. The van der Waals surface area contributed by atoms with Gasteiger partial charge in [0.05, 0.1) is 12.1 Å². The number of nitrogens with zero attached hydrogens (tertiary/aromatic N) is 4. The first-order valence-electron chi connectivity index (χ1n) is 13.5. The number of allylic oxidation sites excluding steroid dienone is 2. The molecule has 1 aromatic heterocycles. The van der Waals surface area contributed by atoms with Crippen molar-refractivity contribution in [3.63, 3.8) is 0 Å². The number of hydrogen-bond donors (Lipinski definition) is 0. The van der Waals surface area contributed by atoms with Crippen molar-refractivity contribution in [1.82, 2.24) is 19.9 Å². The van der Waals surface area contributed by atoms with Gasteiger partial charge in [0, 0.05) is 30.5 Å². The SMILES string of the molecule is Cc1ccc(CC/C=C\Cn2nnc3c(C)c(C(CC=O)c4ccc5c(c4)CN(C=O)CC5)ccc32)cc1Cl. The highest BCUT2D eigenvalue weighted by Gasteiger charge is 2.22. The van der Waals surface area contributed by atoms with E-state index in [1.807, 2.05) is 17.7 Å². The van der Waals surface area contributed by atoms with Crippen molar-refractivity contribution in [3.8, 4) is 0 Å². The maximum Gasteiger partial charge on any atom is 0.210 e. The van der Waals surface area contributed by atoms with Crippen LogP contribution in [-0.2, 0) is 35.5 Å². The molecule has 3 aromatic carbocycles. The molecule has 5 rings (SSSR count). The monoisotopic (exact) mass is 540 g/mol. The molecule has 2 heterocycles. The summed E-state index contributed by atoms with van der Waals surface area (Å²) >= 11 is 6.24. The van der Waals surface area contributed by atoms with E-state index in [-0.39, 0.29) is 5.92 Å². The van der Waals surface area contributed by atoms with Gasteiger partial charge in [-0.1, -0.05) is 65.4 Å². The number of aryl methyl sites for hydroxylation is 3. The van der Waals surface area contributed by atoms with Crippen LogP contribution >= 0.6 is 11.6 Å². The molecule has 0 saturated heterocycles. The lowest BCUT2D eigenvalue weighted by atomic mass is 9.84. The van der Waals surface area contributed by atoms with Crippen molar-refractivity contribution in [2.45, 2.75) is 58.5 Å². The average Bonchev–Trinajstić information content (AvgIpc) is 3.37. The molecule has 6 nitrogen and oxygen atoms in total. The number of carbonyl (C=O) groups excluding carboxylic acids is 2. The van der Waals surface area contributed by atoms with E-state index in [4.69, 9.17) is 11.6 Å². The van der Waals surface area contributed by atoms with Crippen molar-refractivity contribution in [3.05, 3.63) is 105 Å². The first kappa shape index (κ1) is 26.8. The Morgan fingerprint density at radius 2 is 1.90 bits per heavy atom. The Labute approximate surface area is 234 Å². The zero-order chi connectivity index (χ0) is 27.4. The van der Waals surface area contributed by atoms with E-state index in [1.165, 1.54) is 11.1 Å². The Bertz CT molecular complexity index is 1540. The molecule has 7 heteroatoms. The second-order valence-electron chi connectivity index (χ2n) is 10.3. The molecule has 0 aliphatic carbocycles. The summed E-state index contributed by atoms with van der Waals surface area (Å²) in [5.41, 5.74) is 9.79. The van der Waals surface area contributed by atoms with Crippen LogP contribution in [0.1, 0.15) is 57.7 Å². The fourth-order valence-electron chi connectivity index (χ4n) is 5.47. The number of aromatic nitrogens is 3. The van der Waals surface area contributed by atoms with Gasteiger partial charge in [0.1, 0.15) is 11.8 Å². The van der Waals surface area contributed by atoms with Crippen LogP contribution in [0.4, 0.5) is 0 Å². The molecule has 0 bridgehead atoms. The summed E-state index contributed by atoms with van der Waals surface area (Å²) in [6.07, 6.45) is 9.29. The normalized spacial score (nSPS) is 14.1. The Kier molecular flexibility index (Phi) is 8.22. The number of fused-ring (bicyclic) bond motifs is 2. The molecule has 200 valence electrons. The zero-order valence-electron chi connectivity index (χ0n) is 22.4. The van der Waals surface area contributed by atoms with Crippen LogP contribution in [0.2, 0.25) is 5.02 Å². The minimum atomic E-state index is -0.0795. The van der Waals surface area contributed by atoms with Gasteiger partial charge in [-0.15, -0.1) is 5.10 Å². The lowest BCUT2D eigenvalue weighted by Crippen LogP contribution is -2.29. The third kappa shape index (κ3) is 5.81. The summed E-state index contributed by atoms with van der Waals surface area (Å²) in [6, 6.07) is 16.8. The minimum Gasteiger partial charge on any atom is -0.341 e. The molecule has 1 unspecified atom stereocenters. The number of aldehydes is 1. The number of amides is 1. The van der Waals surface area contributed by atoms with E-state index in [0.29, 0.717) is 19.5 Å². The molecule has 1 aliphatic heterocycles. The van der Waals surface area contributed by atoms with Gasteiger partial charge in [-0.05, 0) is 84.2 Å². The second kappa shape index (κ2) is 12.0. The summed E-state index contributed by atoms with van der Waals surface area (Å²) in [6.45, 7) is 6.07. The van der Waals surface area contributed by atoms with Crippen LogP contribution in [0.5, 0.6) is 0 Å². The molecule has 0 radical (unpaired) electrons. The molecule has 1 atom stereocenters. The van der Waals surface area contributed by atoms with Gasteiger partial charge in [0.2, 0.25) is 6.41 Å². The largest absolute Gasteiger partial charge is 0.341 e. The van der Waals surface area contributed by atoms with E-state index < -0.39 is 0 Å². The summed E-state index contributed by atoms with van der Waals surface area (Å²) in [5, 5.41) is 9.73. The summed E-state index contributed by atoms with van der Waals surface area (Å²) in [5.74, 6) is -0.0795. The molecule has 1 aliphatic rings. The number of carbonyl (C=O) groups is 2. The van der Waals surface area contributed by atoms with E-state index >= 15 is 0 Å². The quantitative estimate of drug-likeness (QED) is 0.179. The van der Waals surface area contributed by atoms with Crippen LogP contribution < -0.4 is 0 Å².